The Morgan fingerprint density at radius 1 is 1.04 bits per heavy atom. The van der Waals surface area contributed by atoms with Crippen LogP contribution in [0.4, 0.5) is 5.82 Å². The second kappa shape index (κ2) is 8.19. The highest BCUT2D eigenvalue weighted by atomic mass is 16.5. The molecule has 4 rings (SSSR count). The van der Waals surface area contributed by atoms with Crippen molar-refractivity contribution in [3.63, 3.8) is 0 Å². The van der Waals surface area contributed by atoms with Gasteiger partial charge in [-0.25, -0.2) is 4.98 Å². The van der Waals surface area contributed by atoms with Gasteiger partial charge in [0.2, 0.25) is 0 Å². The smallest absolute Gasteiger partial charge is 0.128 e. The summed E-state index contributed by atoms with van der Waals surface area (Å²) in [5, 5.41) is 3.27. The minimum atomic E-state index is 0.629. The summed E-state index contributed by atoms with van der Waals surface area (Å²) in [6.45, 7) is 1.97. The number of hydrogen-bond donors (Lipinski definition) is 1. The lowest BCUT2D eigenvalue weighted by Gasteiger charge is -2.11. The summed E-state index contributed by atoms with van der Waals surface area (Å²) in [6, 6.07) is 14.0. The summed E-state index contributed by atoms with van der Waals surface area (Å²) in [6.07, 6.45) is 3.71. The van der Waals surface area contributed by atoms with Gasteiger partial charge in [-0.15, -0.1) is 0 Å². The van der Waals surface area contributed by atoms with Crippen molar-refractivity contribution in [2.75, 3.05) is 32.7 Å². The zero-order chi connectivity index (χ0) is 19.3. The van der Waals surface area contributed by atoms with Gasteiger partial charge in [0, 0.05) is 48.3 Å². The number of pyridine rings is 2. The molecule has 0 bridgehead atoms. The number of nitrogens with zero attached hydrogens (tertiary/aromatic N) is 3. The number of aromatic nitrogens is 2. The van der Waals surface area contributed by atoms with Gasteiger partial charge in [0.1, 0.15) is 11.6 Å². The maximum atomic E-state index is 5.50. The Labute approximate surface area is 164 Å². The monoisotopic (exact) mass is 374 g/mol. The van der Waals surface area contributed by atoms with Crippen molar-refractivity contribution in [1.82, 2.24) is 9.97 Å². The molecule has 6 heteroatoms. The summed E-state index contributed by atoms with van der Waals surface area (Å²) < 4.78 is 10.6. The minimum Gasteiger partial charge on any atom is -0.496 e. The average molecular weight is 374 g/mol. The molecule has 2 aromatic heterocycles. The largest absolute Gasteiger partial charge is 0.496 e. The molecule has 1 aliphatic rings. The van der Waals surface area contributed by atoms with E-state index in [0.29, 0.717) is 19.7 Å². The third-order valence-corrected chi connectivity index (χ3v) is 4.68. The highest BCUT2D eigenvalue weighted by Crippen LogP contribution is 2.32. The number of fused-ring (bicyclic) bond motifs is 1. The molecule has 1 aromatic carbocycles. The van der Waals surface area contributed by atoms with Crippen molar-refractivity contribution in [2.24, 2.45) is 4.99 Å². The summed E-state index contributed by atoms with van der Waals surface area (Å²) >= 11 is 0. The number of ether oxygens (including phenoxy) is 2. The Kier molecular flexibility index (Phi) is 5.30. The number of nitrogens with one attached hydrogen (secondary N) is 1. The second-order valence-corrected chi connectivity index (χ2v) is 6.44. The molecule has 3 aromatic rings. The highest BCUT2D eigenvalue weighted by Gasteiger charge is 2.20. The number of para-hydroxylation sites is 1. The minimum absolute atomic E-state index is 0.629. The lowest BCUT2D eigenvalue weighted by Crippen LogP contribution is -2.10. The number of hydrogen-bond acceptors (Lipinski definition) is 6. The fourth-order valence-corrected chi connectivity index (χ4v) is 3.29. The standard InChI is InChI=1S/C22H22N4O2/c1-27-10-9-24-21-11-15(7-8-23-21)22-18-12-19(25-13-16(18)14-26-22)17-5-3-4-6-20(17)28-2/h3-8,11-13H,9-10,14H2,1-2H3,(H,23,24). The first kappa shape index (κ1) is 18.1. The summed E-state index contributed by atoms with van der Waals surface area (Å²) in [5.74, 6) is 1.62. The molecular weight excluding hydrogens is 352 g/mol. The fourth-order valence-electron chi connectivity index (χ4n) is 3.29. The third kappa shape index (κ3) is 3.59. The van der Waals surface area contributed by atoms with Gasteiger partial charge in [0.15, 0.2) is 0 Å². The summed E-state index contributed by atoms with van der Waals surface area (Å²) in [7, 11) is 3.36. The van der Waals surface area contributed by atoms with Crippen LogP contribution in [0.1, 0.15) is 16.7 Å². The molecule has 0 saturated heterocycles. The van der Waals surface area contributed by atoms with E-state index in [2.05, 4.69) is 21.4 Å². The Hall–Kier alpha value is -3.25. The van der Waals surface area contributed by atoms with E-state index >= 15 is 0 Å². The van der Waals surface area contributed by atoms with Crippen molar-refractivity contribution in [3.8, 4) is 17.0 Å². The van der Waals surface area contributed by atoms with Gasteiger partial charge in [-0.05, 0) is 30.3 Å². The van der Waals surface area contributed by atoms with Crippen molar-refractivity contribution in [1.29, 1.82) is 0 Å². The molecule has 6 nitrogen and oxygen atoms in total. The number of methoxy groups -OCH3 is 2. The van der Waals surface area contributed by atoms with Crippen LogP contribution in [0.25, 0.3) is 11.3 Å². The normalized spacial score (nSPS) is 12.4. The van der Waals surface area contributed by atoms with E-state index in [0.717, 1.165) is 45.2 Å². The third-order valence-electron chi connectivity index (χ3n) is 4.68. The second-order valence-electron chi connectivity index (χ2n) is 6.44. The zero-order valence-corrected chi connectivity index (χ0v) is 16.0. The van der Waals surface area contributed by atoms with Gasteiger partial charge in [0.05, 0.1) is 31.7 Å². The Morgan fingerprint density at radius 2 is 1.93 bits per heavy atom. The van der Waals surface area contributed by atoms with Crippen LogP contribution in [0.3, 0.4) is 0 Å². The van der Waals surface area contributed by atoms with Gasteiger partial charge in [0.25, 0.3) is 0 Å². The lowest BCUT2D eigenvalue weighted by molar-refractivity contribution is 0.210. The average Bonchev–Trinajstić information content (AvgIpc) is 3.17. The van der Waals surface area contributed by atoms with Gasteiger partial charge in [-0.3, -0.25) is 9.98 Å². The highest BCUT2D eigenvalue weighted by molar-refractivity contribution is 6.15. The van der Waals surface area contributed by atoms with E-state index < -0.39 is 0 Å². The van der Waals surface area contributed by atoms with E-state index in [-0.39, 0.29) is 0 Å². The summed E-state index contributed by atoms with van der Waals surface area (Å²) in [4.78, 5) is 13.8. The topological polar surface area (TPSA) is 68.6 Å². The van der Waals surface area contributed by atoms with Gasteiger partial charge in [-0.1, -0.05) is 12.1 Å². The number of benzene rings is 1. The Bertz CT molecular complexity index is 1020. The fraction of sp³-hybridized carbons (Fsp3) is 0.227. The molecular formula is C22H22N4O2. The van der Waals surface area contributed by atoms with Gasteiger partial charge >= 0.3 is 0 Å². The van der Waals surface area contributed by atoms with Gasteiger partial charge in [-0.2, -0.15) is 0 Å². The maximum absolute atomic E-state index is 5.50. The van der Waals surface area contributed by atoms with Crippen LogP contribution in [0.2, 0.25) is 0 Å². The van der Waals surface area contributed by atoms with Crippen LogP contribution in [0.15, 0.2) is 59.9 Å². The van der Waals surface area contributed by atoms with Crippen LogP contribution in [-0.4, -0.2) is 43.1 Å². The number of anilines is 1. The van der Waals surface area contributed by atoms with Gasteiger partial charge < -0.3 is 14.8 Å². The predicted molar refractivity (Wildman–Crippen MR) is 110 cm³/mol. The van der Waals surface area contributed by atoms with E-state index in [1.165, 1.54) is 0 Å². The zero-order valence-electron chi connectivity index (χ0n) is 16.0. The molecule has 0 atom stereocenters. The molecule has 0 saturated carbocycles. The predicted octanol–water partition coefficient (Wildman–Crippen LogP) is 3.56. The molecule has 0 unspecified atom stereocenters. The van der Waals surface area contributed by atoms with Crippen molar-refractivity contribution in [2.45, 2.75) is 6.54 Å². The van der Waals surface area contributed by atoms with Crippen molar-refractivity contribution < 1.29 is 9.47 Å². The lowest BCUT2D eigenvalue weighted by atomic mass is 9.99. The molecule has 0 fully saturated rings. The van der Waals surface area contributed by atoms with E-state index in [4.69, 9.17) is 14.5 Å². The Morgan fingerprint density at radius 3 is 2.79 bits per heavy atom. The van der Waals surface area contributed by atoms with Crippen LogP contribution in [0.5, 0.6) is 5.75 Å². The molecule has 3 heterocycles. The number of aliphatic imine (C=N–C) groups is 1. The first-order valence-electron chi connectivity index (χ1n) is 9.16. The molecule has 0 spiro atoms. The number of rotatable bonds is 7. The van der Waals surface area contributed by atoms with Crippen LogP contribution < -0.4 is 10.1 Å². The Balaban J connectivity index is 1.67. The van der Waals surface area contributed by atoms with E-state index in [9.17, 15) is 0 Å². The first-order valence-corrected chi connectivity index (χ1v) is 9.16. The SMILES string of the molecule is COCCNc1cc(C2=NCc3cnc(-c4ccccc4OC)cc32)ccn1. The van der Waals surface area contributed by atoms with Crippen molar-refractivity contribution >= 4 is 11.5 Å². The molecule has 1 aliphatic heterocycles. The van der Waals surface area contributed by atoms with Crippen LogP contribution >= 0.6 is 0 Å². The van der Waals surface area contributed by atoms with Crippen LogP contribution in [-0.2, 0) is 11.3 Å². The van der Waals surface area contributed by atoms with E-state index in [1.807, 2.05) is 42.6 Å². The van der Waals surface area contributed by atoms with E-state index in [1.54, 1.807) is 20.4 Å². The van der Waals surface area contributed by atoms with Crippen LogP contribution in [0, 0.1) is 0 Å². The molecule has 1 N–H and O–H groups in total. The molecule has 0 amide bonds. The maximum Gasteiger partial charge on any atom is 0.128 e. The first-order chi connectivity index (χ1) is 13.8. The quantitative estimate of drug-likeness (QED) is 0.641. The van der Waals surface area contributed by atoms with Crippen molar-refractivity contribution in [3.05, 3.63) is 71.5 Å². The molecule has 0 aliphatic carbocycles. The summed E-state index contributed by atoms with van der Waals surface area (Å²) in [5.41, 5.74) is 6.06. The molecule has 28 heavy (non-hydrogen) atoms. The molecule has 142 valence electrons. The molecule has 0 radical (unpaired) electrons.